The van der Waals surface area contributed by atoms with E-state index in [2.05, 4.69) is 5.10 Å². The number of carbonyl (C=O) groups is 1. The summed E-state index contributed by atoms with van der Waals surface area (Å²) in [5, 5.41) is 12.0. The second kappa shape index (κ2) is 5.64. The molecule has 1 atom stereocenters. The van der Waals surface area contributed by atoms with Crippen molar-refractivity contribution in [1.82, 2.24) is 14.5 Å². The fourth-order valence-corrected chi connectivity index (χ4v) is 3.10. The first kappa shape index (κ1) is 17.4. The Hall–Kier alpha value is -1.62. The normalized spacial score (nSPS) is 14.4. The molecule has 0 fully saturated rings. The zero-order valence-electron chi connectivity index (χ0n) is 11.3. The van der Waals surface area contributed by atoms with Crippen LogP contribution in [0.4, 0.5) is 13.2 Å². The van der Waals surface area contributed by atoms with Gasteiger partial charge in [0.25, 0.3) is 0 Å². The van der Waals surface area contributed by atoms with E-state index in [1.54, 1.807) is 4.72 Å². The maximum absolute atomic E-state index is 12.8. The van der Waals surface area contributed by atoms with E-state index in [1.165, 1.54) is 13.8 Å². The van der Waals surface area contributed by atoms with Gasteiger partial charge in [-0.15, -0.1) is 0 Å². The molecule has 0 saturated carbocycles. The highest BCUT2D eigenvalue weighted by Gasteiger charge is 2.42. The number of rotatable bonds is 5. The molecule has 0 saturated heterocycles. The van der Waals surface area contributed by atoms with Gasteiger partial charge in [-0.1, -0.05) is 13.8 Å². The van der Waals surface area contributed by atoms with Crippen molar-refractivity contribution in [2.75, 3.05) is 0 Å². The van der Waals surface area contributed by atoms with Crippen molar-refractivity contribution in [3.8, 4) is 0 Å². The van der Waals surface area contributed by atoms with E-state index in [1.807, 2.05) is 0 Å². The Morgan fingerprint density at radius 2 is 1.95 bits per heavy atom. The summed E-state index contributed by atoms with van der Waals surface area (Å²) < 4.78 is 64.7. The summed E-state index contributed by atoms with van der Waals surface area (Å²) in [6.45, 7) is 2.85. The van der Waals surface area contributed by atoms with Crippen molar-refractivity contribution in [2.24, 2.45) is 13.0 Å². The second-order valence-corrected chi connectivity index (χ2v) is 6.38. The molecule has 7 nitrogen and oxygen atoms in total. The number of sulfonamides is 1. The monoisotopic (exact) mass is 329 g/mol. The number of hydrogen-bond donors (Lipinski definition) is 2. The van der Waals surface area contributed by atoms with Crippen LogP contribution in [0.1, 0.15) is 19.5 Å². The molecule has 21 heavy (non-hydrogen) atoms. The van der Waals surface area contributed by atoms with Gasteiger partial charge in [0.2, 0.25) is 10.0 Å². The van der Waals surface area contributed by atoms with Gasteiger partial charge >= 0.3 is 12.1 Å². The summed E-state index contributed by atoms with van der Waals surface area (Å²) in [4.78, 5) is 9.86. The van der Waals surface area contributed by atoms with Crippen molar-refractivity contribution in [3.63, 3.8) is 0 Å². The van der Waals surface area contributed by atoms with Crippen molar-refractivity contribution >= 4 is 16.0 Å². The second-order valence-electron chi connectivity index (χ2n) is 4.69. The topological polar surface area (TPSA) is 101 Å². The minimum atomic E-state index is -4.97. The Kier molecular flexibility index (Phi) is 4.68. The van der Waals surface area contributed by atoms with E-state index in [-0.39, 0.29) is 0 Å². The summed E-state index contributed by atoms with van der Waals surface area (Å²) in [5.74, 6) is -2.13. The van der Waals surface area contributed by atoms with Crippen LogP contribution in [0.5, 0.6) is 0 Å². The largest absolute Gasteiger partial charge is 0.480 e. The Balaban J connectivity index is 3.29. The molecular weight excluding hydrogens is 315 g/mol. The van der Waals surface area contributed by atoms with Gasteiger partial charge < -0.3 is 5.11 Å². The zero-order chi connectivity index (χ0) is 16.6. The molecule has 0 bridgehead atoms. The van der Waals surface area contributed by atoms with Gasteiger partial charge in [0, 0.05) is 13.2 Å². The number of halogens is 3. The van der Waals surface area contributed by atoms with Gasteiger partial charge in [0.1, 0.15) is 10.9 Å². The van der Waals surface area contributed by atoms with Gasteiger partial charge in [0.15, 0.2) is 5.69 Å². The summed E-state index contributed by atoms with van der Waals surface area (Å²) in [6.07, 6.45) is -4.30. The maximum atomic E-state index is 12.8. The Bertz CT molecular complexity index is 636. The predicted octanol–water partition coefficient (Wildman–Crippen LogP) is 0.826. The van der Waals surface area contributed by atoms with Gasteiger partial charge in [-0.05, 0) is 5.92 Å². The first-order valence-electron chi connectivity index (χ1n) is 5.72. The van der Waals surface area contributed by atoms with Gasteiger partial charge in [0.05, 0.1) is 0 Å². The molecule has 0 spiro atoms. The zero-order valence-corrected chi connectivity index (χ0v) is 12.2. The van der Waals surface area contributed by atoms with Gasteiger partial charge in [-0.2, -0.15) is 23.0 Å². The molecule has 0 aliphatic rings. The average Bonchev–Trinajstić information content (AvgIpc) is 2.68. The lowest BCUT2D eigenvalue weighted by molar-refractivity contribution is -0.143. The lowest BCUT2D eigenvalue weighted by Gasteiger charge is -2.18. The van der Waals surface area contributed by atoms with E-state index in [0.717, 1.165) is 7.05 Å². The summed E-state index contributed by atoms with van der Waals surface area (Å²) in [6, 6.07) is -1.55. The fourth-order valence-electron chi connectivity index (χ4n) is 1.56. The molecule has 0 aliphatic carbocycles. The van der Waals surface area contributed by atoms with Crippen molar-refractivity contribution in [2.45, 2.75) is 31.0 Å². The van der Waals surface area contributed by atoms with Crippen LogP contribution in [0.2, 0.25) is 0 Å². The molecule has 0 amide bonds. The molecule has 0 radical (unpaired) electrons. The standard InChI is InChI=1S/C10H14F3N3O4S/c1-5(2)7(9(17)18)15-21(19,20)6-4-16(3)14-8(6)10(11,12)13/h4-5,7,15H,1-3H3,(H,17,18). The summed E-state index contributed by atoms with van der Waals surface area (Å²) >= 11 is 0. The number of hydrogen-bond acceptors (Lipinski definition) is 4. The molecule has 0 aliphatic heterocycles. The number of nitrogens with zero attached hydrogens (tertiary/aromatic N) is 2. The average molecular weight is 329 g/mol. The summed E-state index contributed by atoms with van der Waals surface area (Å²) in [7, 11) is -3.55. The van der Waals surface area contributed by atoms with Gasteiger partial charge in [-0.3, -0.25) is 9.48 Å². The maximum Gasteiger partial charge on any atom is 0.436 e. The minimum absolute atomic E-state index is 0.650. The van der Waals surface area contributed by atoms with E-state index < -0.39 is 44.7 Å². The van der Waals surface area contributed by atoms with Crippen LogP contribution in [-0.4, -0.2) is 35.3 Å². The highest BCUT2D eigenvalue weighted by molar-refractivity contribution is 7.89. The molecule has 1 aromatic heterocycles. The highest BCUT2D eigenvalue weighted by Crippen LogP contribution is 2.32. The van der Waals surface area contributed by atoms with Crippen LogP contribution in [0.15, 0.2) is 11.1 Å². The van der Waals surface area contributed by atoms with E-state index in [9.17, 15) is 26.4 Å². The third-order valence-corrected chi connectivity index (χ3v) is 4.01. The van der Waals surface area contributed by atoms with E-state index in [4.69, 9.17) is 5.11 Å². The van der Waals surface area contributed by atoms with Crippen LogP contribution in [0.3, 0.4) is 0 Å². The summed E-state index contributed by atoms with van der Waals surface area (Å²) in [5.41, 5.74) is -1.59. The van der Waals surface area contributed by atoms with Crippen molar-refractivity contribution in [3.05, 3.63) is 11.9 Å². The van der Waals surface area contributed by atoms with Gasteiger partial charge in [-0.25, -0.2) is 8.42 Å². The number of aryl methyl sites for hydroxylation is 1. The lowest BCUT2D eigenvalue weighted by atomic mass is 10.1. The third kappa shape index (κ3) is 3.94. The molecule has 1 aromatic rings. The first-order chi connectivity index (χ1) is 9.36. The molecule has 0 aromatic carbocycles. The number of aromatic nitrogens is 2. The molecule has 1 heterocycles. The Labute approximate surface area is 118 Å². The van der Waals surface area contributed by atoms with Crippen LogP contribution < -0.4 is 4.72 Å². The quantitative estimate of drug-likeness (QED) is 0.833. The van der Waals surface area contributed by atoms with Crippen LogP contribution >= 0.6 is 0 Å². The molecular formula is C10H14F3N3O4S. The Morgan fingerprint density at radius 1 is 1.43 bits per heavy atom. The number of alkyl halides is 3. The van der Waals surface area contributed by atoms with Crippen molar-refractivity contribution in [1.29, 1.82) is 0 Å². The fraction of sp³-hybridized carbons (Fsp3) is 0.600. The molecule has 2 N–H and O–H groups in total. The highest BCUT2D eigenvalue weighted by atomic mass is 32.2. The molecule has 11 heteroatoms. The van der Waals surface area contributed by atoms with Crippen LogP contribution in [0, 0.1) is 5.92 Å². The van der Waals surface area contributed by atoms with Crippen LogP contribution in [-0.2, 0) is 28.0 Å². The molecule has 1 rings (SSSR count). The third-order valence-electron chi connectivity index (χ3n) is 2.57. The predicted molar refractivity (Wildman–Crippen MR) is 64.8 cm³/mol. The number of carboxylic acid groups (broad SMARTS) is 1. The SMILES string of the molecule is CC(C)C(NS(=O)(=O)c1cn(C)nc1C(F)(F)F)C(=O)O. The van der Waals surface area contributed by atoms with Crippen LogP contribution in [0.25, 0.3) is 0 Å². The van der Waals surface area contributed by atoms with E-state index >= 15 is 0 Å². The number of nitrogens with one attached hydrogen (secondary N) is 1. The molecule has 1 unspecified atom stereocenters. The number of carboxylic acids is 1. The van der Waals surface area contributed by atoms with Crippen molar-refractivity contribution < 1.29 is 31.5 Å². The Morgan fingerprint density at radius 3 is 2.33 bits per heavy atom. The first-order valence-corrected chi connectivity index (χ1v) is 7.20. The van der Waals surface area contributed by atoms with E-state index in [0.29, 0.717) is 10.9 Å². The minimum Gasteiger partial charge on any atom is -0.480 e. The smallest absolute Gasteiger partial charge is 0.436 e. The number of aliphatic carboxylic acids is 1. The molecule has 120 valence electrons. The lowest BCUT2D eigenvalue weighted by Crippen LogP contribution is -2.44.